The van der Waals surface area contributed by atoms with Crippen molar-refractivity contribution in [1.82, 2.24) is 0 Å². The van der Waals surface area contributed by atoms with Crippen molar-refractivity contribution >= 4 is 26.2 Å². The molecule has 0 N–H and O–H groups in total. The summed E-state index contributed by atoms with van der Waals surface area (Å²) in [6, 6.07) is 3.72. The largest absolute Gasteiger partial charge is 0.494 e. The maximum Gasteiger partial charge on any atom is 0.460 e. The highest BCUT2D eigenvalue weighted by molar-refractivity contribution is 6.76. The molecular formula is C44H50F22O9Si. The molecule has 0 radical (unpaired) electrons. The Labute approximate surface area is 419 Å². The zero-order valence-corrected chi connectivity index (χ0v) is 41.6. The average molecular weight is 1170 g/mol. The van der Waals surface area contributed by atoms with Crippen molar-refractivity contribution in [1.29, 1.82) is 0 Å². The van der Waals surface area contributed by atoms with Crippen LogP contribution in [0.4, 0.5) is 96.6 Å². The molecule has 1 aromatic rings. The quantitative estimate of drug-likeness (QED) is 0.0391. The van der Waals surface area contributed by atoms with E-state index in [0.717, 1.165) is 46.8 Å². The molecule has 0 aromatic heterocycles. The third-order valence-electron chi connectivity index (χ3n) is 11.8. The van der Waals surface area contributed by atoms with Gasteiger partial charge < -0.3 is 28.1 Å². The van der Waals surface area contributed by atoms with E-state index in [1.54, 1.807) is 0 Å². The summed E-state index contributed by atoms with van der Waals surface area (Å²) in [6.45, 7) is 7.28. The molecule has 1 aromatic carbocycles. The van der Waals surface area contributed by atoms with E-state index < -0.39 is 166 Å². The number of benzene rings is 1. The Morgan fingerprint density at radius 3 is 1.47 bits per heavy atom. The lowest BCUT2D eigenvalue weighted by molar-refractivity contribution is -0.461. The van der Waals surface area contributed by atoms with E-state index in [2.05, 4.69) is 0 Å². The van der Waals surface area contributed by atoms with Crippen LogP contribution >= 0.6 is 0 Å². The van der Waals surface area contributed by atoms with E-state index in [1.807, 2.05) is 0 Å². The lowest BCUT2D eigenvalue weighted by atomic mass is 9.88. The second kappa shape index (κ2) is 24.3. The second-order valence-corrected chi connectivity index (χ2v) is 23.0. The zero-order valence-electron chi connectivity index (χ0n) is 40.6. The van der Waals surface area contributed by atoms with Crippen LogP contribution < -0.4 is 4.74 Å². The molecule has 0 aliphatic carbocycles. The SMILES string of the molecule is CC(C)[Si](CCC(F)(F)C(F)(F)C(F)(F)C(F)(F)C(F)(F)C(F)(F)C(F)(F)C(F)(F)F)(O[C@@H]1/C=C/C(=O)O[C@@H](C)CC(=O)O[C@H](C)[C@H](OCc2ccc(OCCCC(F)(F)C(F)(F)F)cc2)/C=C/C(=O)O[C@H]1C)C(C)C. The Balaban J connectivity index is 2.50. The van der Waals surface area contributed by atoms with Gasteiger partial charge in [-0.1, -0.05) is 39.8 Å². The van der Waals surface area contributed by atoms with Crippen LogP contribution in [0.1, 0.15) is 79.7 Å². The summed E-state index contributed by atoms with van der Waals surface area (Å²) in [7, 11) is -4.57. The van der Waals surface area contributed by atoms with Crippen molar-refractivity contribution < 1.29 is 139 Å². The number of esters is 3. The molecule has 32 heteroatoms. The molecule has 1 aliphatic heterocycles. The summed E-state index contributed by atoms with van der Waals surface area (Å²) in [5.74, 6) is -66.3. The fourth-order valence-electron chi connectivity index (χ4n) is 7.15. The maximum absolute atomic E-state index is 15.4. The average Bonchev–Trinajstić information content (AvgIpc) is 3.26. The van der Waals surface area contributed by atoms with E-state index in [0.29, 0.717) is 17.7 Å². The van der Waals surface area contributed by atoms with Gasteiger partial charge in [0.25, 0.3) is 0 Å². The Morgan fingerprint density at radius 1 is 0.553 bits per heavy atom. The van der Waals surface area contributed by atoms with Crippen LogP contribution in [-0.4, -0.2) is 123 Å². The smallest absolute Gasteiger partial charge is 0.460 e. The highest BCUT2D eigenvalue weighted by Gasteiger charge is 2.95. The molecule has 1 heterocycles. The maximum atomic E-state index is 15.4. The van der Waals surface area contributed by atoms with E-state index >= 15 is 17.6 Å². The number of carbonyl (C=O) groups excluding carboxylic acids is 3. The van der Waals surface area contributed by atoms with Gasteiger partial charge in [-0.05, 0) is 74.2 Å². The van der Waals surface area contributed by atoms with Crippen LogP contribution in [0.15, 0.2) is 48.6 Å². The van der Waals surface area contributed by atoms with Gasteiger partial charge >= 0.3 is 77.6 Å². The molecule has 0 bridgehead atoms. The van der Waals surface area contributed by atoms with Gasteiger partial charge in [0.05, 0.1) is 19.6 Å². The number of cyclic esters (lactones) is 3. The van der Waals surface area contributed by atoms with Gasteiger partial charge in [-0.2, -0.15) is 96.6 Å². The highest BCUT2D eigenvalue weighted by Crippen LogP contribution is 2.64. The van der Waals surface area contributed by atoms with E-state index in [4.69, 9.17) is 28.1 Å². The molecule has 9 nitrogen and oxygen atoms in total. The van der Waals surface area contributed by atoms with Crippen molar-refractivity contribution in [2.45, 2.75) is 188 Å². The van der Waals surface area contributed by atoms with Gasteiger partial charge in [0.15, 0.2) is 8.32 Å². The van der Waals surface area contributed by atoms with Crippen molar-refractivity contribution in [2.75, 3.05) is 6.61 Å². The van der Waals surface area contributed by atoms with Crippen LogP contribution in [0.3, 0.4) is 0 Å². The lowest BCUT2D eigenvalue weighted by Gasteiger charge is -2.45. The Bertz CT molecular complexity index is 2150. The third kappa shape index (κ3) is 14.8. The van der Waals surface area contributed by atoms with Crippen LogP contribution in [-0.2, 0) is 44.4 Å². The summed E-state index contributed by atoms with van der Waals surface area (Å²) in [5.41, 5.74) is -2.05. The van der Waals surface area contributed by atoms with Crippen molar-refractivity contribution in [3.63, 3.8) is 0 Å². The van der Waals surface area contributed by atoms with Gasteiger partial charge in [0.1, 0.15) is 36.3 Å². The summed E-state index contributed by atoms with van der Waals surface area (Å²) < 4.78 is 336. The first-order chi connectivity index (χ1) is 34.1. The van der Waals surface area contributed by atoms with Crippen LogP contribution in [0, 0.1) is 0 Å². The molecule has 2 rings (SSSR count). The molecule has 0 saturated heterocycles. The molecule has 0 spiro atoms. The Kier molecular flexibility index (Phi) is 21.6. The van der Waals surface area contributed by atoms with Crippen molar-refractivity contribution in [3.8, 4) is 5.75 Å². The fourth-order valence-corrected chi connectivity index (χ4v) is 11.8. The monoisotopic (exact) mass is 1170 g/mol. The number of hydrogen-bond donors (Lipinski definition) is 0. The predicted octanol–water partition coefficient (Wildman–Crippen LogP) is 13.8. The first-order valence-electron chi connectivity index (χ1n) is 22.2. The van der Waals surface area contributed by atoms with Crippen LogP contribution in [0.2, 0.25) is 17.1 Å². The molecule has 0 fully saturated rings. The normalized spacial score (nSPS) is 22.3. The van der Waals surface area contributed by atoms with Gasteiger partial charge in [0.2, 0.25) is 0 Å². The number of alkyl halides is 22. The number of rotatable bonds is 21. The number of carbonyl (C=O) groups is 3. The fraction of sp³-hybridized carbons (Fsp3) is 0.705. The van der Waals surface area contributed by atoms with Crippen LogP contribution in [0.5, 0.6) is 5.75 Å². The van der Waals surface area contributed by atoms with Crippen molar-refractivity contribution in [3.05, 3.63) is 54.1 Å². The minimum atomic E-state index is -8.81. The van der Waals surface area contributed by atoms with Crippen molar-refractivity contribution in [2.24, 2.45) is 0 Å². The van der Waals surface area contributed by atoms with E-state index in [1.165, 1.54) is 38.1 Å². The predicted molar refractivity (Wildman–Crippen MR) is 221 cm³/mol. The number of halogens is 22. The van der Waals surface area contributed by atoms with Gasteiger partial charge in [-0.15, -0.1) is 0 Å². The first-order valence-corrected chi connectivity index (χ1v) is 24.5. The van der Waals surface area contributed by atoms with Gasteiger partial charge in [-0.3, -0.25) is 4.79 Å². The summed E-state index contributed by atoms with van der Waals surface area (Å²) >= 11 is 0. The molecule has 0 saturated carbocycles. The molecule has 1 aliphatic rings. The molecular weight excluding hydrogens is 1120 g/mol. The number of ether oxygens (including phenoxy) is 5. The summed E-state index contributed by atoms with van der Waals surface area (Å²) in [5, 5.41) is 0. The first kappa shape index (κ1) is 67.6. The summed E-state index contributed by atoms with van der Waals surface area (Å²) in [4.78, 5) is 39.0. The standard InChI is InChI=1S/C44H50F22O9Si/c1-23(2)76(24(3)4,20-18-35(45,46)37(49,50)38(51,52)39(53,54)40(55,56)41(57,58)42(59,60)44(64,65)66)75-31-14-16-32(67)72-25(5)21-34(69)74-26(6)30(13-15-33(68)73-27(31)7)71-22-28-9-11-29(12-10-28)70-19-8-17-36(47,48)43(61,62)63/h9-16,23-27,30-31H,8,17-22H2,1-7H3/b15-13+,16-14+/t25-,26+,27-,30+,31+/m0/s1. The van der Waals surface area contributed by atoms with Gasteiger partial charge in [-0.25, -0.2) is 9.59 Å². The molecule has 438 valence electrons. The molecule has 0 unspecified atom stereocenters. The Morgan fingerprint density at radius 2 is 1.00 bits per heavy atom. The molecule has 5 atom stereocenters. The topological polar surface area (TPSA) is 107 Å². The molecule has 76 heavy (non-hydrogen) atoms. The highest BCUT2D eigenvalue weighted by atomic mass is 28.4. The lowest BCUT2D eigenvalue weighted by Crippen LogP contribution is -2.74. The second-order valence-electron chi connectivity index (χ2n) is 18.1. The van der Waals surface area contributed by atoms with Gasteiger partial charge in [0, 0.05) is 25.0 Å². The van der Waals surface area contributed by atoms with Crippen LogP contribution in [0.25, 0.3) is 0 Å². The minimum absolute atomic E-state index is 0.0483. The van der Waals surface area contributed by atoms with E-state index in [9.17, 15) is 93.4 Å². The minimum Gasteiger partial charge on any atom is -0.494 e. The Hall–Kier alpha value is -4.49. The summed E-state index contributed by atoms with van der Waals surface area (Å²) in [6.07, 6.45) is -23.8. The molecule has 0 amide bonds. The zero-order chi connectivity index (χ0) is 59.3. The van der Waals surface area contributed by atoms with E-state index in [-0.39, 0.29) is 12.4 Å². The number of hydrogen-bond acceptors (Lipinski definition) is 9. The third-order valence-corrected chi connectivity index (χ3v) is 17.4.